The van der Waals surface area contributed by atoms with E-state index < -0.39 is 0 Å². The van der Waals surface area contributed by atoms with Crippen molar-refractivity contribution in [2.45, 2.75) is 12.8 Å². The van der Waals surface area contributed by atoms with Gasteiger partial charge in [0.05, 0.1) is 18.4 Å². The Kier molecular flexibility index (Phi) is 4.76. The molecule has 6 heteroatoms. The largest absolute Gasteiger partial charge is 0.322 e. The molecular formula is C10H17ClN4O. The van der Waals surface area contributed by atoms with Gasteiger partial charge in [0.25, 0.3) is 0 Å². The summed E-state index contributed by atoms with van der Waals surface area (Å²) in [5, 5.41) is 9.88. The summed E-state index contributed by atoms with van der Waals surface area (Å²) >= 11 is 0. The van der Waals surface area contributed by atoms with Crippen molar-refractivity contribution >= 4 is 24.0 Å². The Morgan fingerprint density at radius 1 is 1.62 bits per heavy atom. The van der Waals surface area contributed by atoms with Gasteiger partial charge in [-0.2, -0.15) is 5.10 Å². The molecule has 0 unspecified atom stereocenters. The van der Waals surface area contributed by atoms with Gasteiger partial charge in [-0.1, -0.05) is 0 Å². The number of rotatable bonds is 5. The quantitative estimate of drug-likeness (QED) is 0.805. The van der Waals surface area contributed by atoms with Gasteiger partial charge in [-0.3, -0.25) is 9.48 Å². The maximum absolute atomic E-state index is 11.4. The fourth-order valence-electron chi connectivity index (χ4n) is 1.40. The third-order valence-corrected chi connectivity index (χ3v) is 2.40. The molecule has 16 heavy (non-hydrogen) atoms. The second kappa shape index (κ2) is 5.86. The van der Waals surface area contributed by atoms with Gasteiger partial charge in [0.1, 0.15) is 0 Å². The molecule has 5 nitrogen and oxygen atoms in total. The fraction of sp³-hybridized carbons (Fsp3) is 0.600. The molecular weight excluding hydrogens is 228 g/mol. The molecule has 0 radical (unpaired) electrons. The summed E-state index contributed by atoms with van der Waals surface area (Å²) in [6.07, 6.45) is 6.02. The van der Waals surface area contributed by atoms with Crippen LogP contribution in [0.15, 0.2) is 12.4 Å². The first-order valence-electron chi connectivity index (χ1n) is 5.23. The molecule has 0 bridgehead atoms. The van der Waals surface area contributed by atoms with Gasteiger partial charge < -0.3 is 10.6 Å². The van der Waals surface area contributed by atoms with Crippen molar-refractivity contribution in [3.8, 4) is 0 Å². The van der Waals surface area contributed by atoms with Gasteiger partial charge in [-0.15, -0.1) is 12.4 Å². The third kappa shape index (κ3) is 4.20. The van der Waals surface area contributed by atoms with Crippen molar-refractivity contribution < 1.29 is 4.79 Å². The molecule has 0 spiro atoms. The summed E-state index contributed by atoms with van der Waals surface area (Å²) in [4.78, 5) is 11.4. The smallest absolute Gasteiger partial charge is 0.238 e. The first-order valence-corrected chi connectivity index (χ1v) is 5.23. The van der Waals surface area contributed by atoms with Gasteiger partial charge in [0.15, 0.2) is 0 Å². The van der Waals surface area contributed by atoms with Crippen LogP contribution in [-0.4, -0.2) is 28.8 Å². The van der Waals surface area contributed by atoms with Gasteiger partial charge in [0.2, 0.25) is 5.91 Å². The average Bonchev–Trinajstić information content (AvgIpc) is 2.91. The van der Waals surface area contributed by atoms with Crippen LogP contribution in [0.5, 0.6) is 0 Å². The SMILES string of the molecule is Cl.Cn1cc(NC(=O)CNCC2CC2)cn1. The summed E-state index contributed by atoms with van der Waals surface area (Å²) in [5.74, 6) is 0.792. The molecule has 0 atom stereocenters. The lowest BCUT2D eigenvalue weighted by atomic mass is 10.4. The van der Waals surface area contributed by atoms with Crippen LogP contribution < -0.4 is 10.6 Å². The lowest BCUT2D eigenvalue weighted by molar-refractivity contribution is -0.115. The lowest BCUT2D eigenvalue weighted by Crippen LogP contribution is -2.29. The van der Waals surface area contributed by atoms with E-state index in [9.17, 15) is 4.79 Å². The molecule has 1 aliphatic rings. The van der Waals surface area contributed by atoms with Crippen molar-refractivity contribution in [1.82, 2.24) is 15.1 Å². The topological polar surface area (TPSA) is 59.0 Å². The molecule has 1 amide bonds. The second-order valence-corrected chi connectivity index (χ2v) is 4.03. The molecule has 2 N–H and O–H groups in total. The molecule has 0 aliphatic heterocycles. The van der Waals surface area contributed by atoms with E-state index in [1.54, 1.807) is 17.1 Å². The second-order valence-electron chi connectivity index (χ2n) is 4.03. The van der Waals surface area contributed by atoms with Crippen LogP contribution in [0.1, 0.15) is 12.8 Å². The zero-order valence-corrected chi connectivity index (χ0v) is 10.1. The number of carbonyl (C=O) groups is 1. The predicted molar refractivity (Wildman–Crippen MR) is 64.7 cm³/mol. The average molecular weight is 245 g/mol. The number of aryl methyl sites for hydroxylation is 1. The van der Waals surface area contributed by atoms with Crippen LogP contribution >= 0.6 is 12.4 Å². The normalized spacial score (nSPS) is 14.3. The minimum absolute atomic E-state index is 0. The summed E-state index contributed by atoms with van der Waals surface area (Å²) in [7, 11) is 1.82. The minimum Gasteiger partial charge on any atom is -0.322 e. The van der Waals surface area contributed by atoms with Crippen molar-refractivity contribution in [2.75, 3.05) is 18.4 Å². The van der Waals surface area contributed by atoms with Crippen molar-refractivity contribution in [1.29, 1.82) is 0 Å². The Hall–Kier alpha value is -1.07. The Morgan fingerprint density at radius 2 is 2.38 bits per heavy atom. The molecule has 1 aromatic rings. The van der Waals surface area contributed by atoms with E-state index in [1.165, 1.54) is 12.8 Å². The van der Waals surface area contributed by atoms with Crippen LogP contribution in [-0.2, 0) is 11.8 Å². The van der Waals surface area contributed by atoms with Crippen LogP contribution in [0, 0.1) is 5.92 Å². The highest BCUT2D eigenvalue weighted by Crippen LogP contribution is 2.27. The number of amides is 1. The zero-order valence-electron chi connectivity index (χ0n) is 9.27. The minimum atomic E-state index is -0.0105. The number of nitrogens with zero attached hydrogens (tertiary/aromatic N) is 2. The highest BCUT2D eigenvalue weighted by molar-refractivity contribution is 5.91. The molecule has 90 valence electrons. The maximum atomic E-state index is 11.4. The molecule has 1 heterocycles. The van der Waals surface area contributed by atoms with Gasteiger partial charge in [-0.25, -0.2) is 0 Å². The highest BCUT2D eigenvalue weighted by atomic mass is 35.5. The van der Waals surface area contributed by atoms with Crippen molar-refractivity contribution in [3.05, 3.63) is 12.4 Å². The first-order chi connectivity index (χ1) is 7.24. The van der Waals surface area contributed by atoms with Crippen LogP contribution in [0.4, 0.5) is 5.69 Å². The molecule has 1 saturated carbocycles. The number of hydrogen-bond donors (Lipinski definition) is 2. The van der Waals surface area contributed by atoms with E-state index in [-0.39, 0.29) is 18.3 Å². The first kappa shape index (κ1) is 13.0. The van der Waals surface area contributed by atoms with Gasteiger partial charge in [0, 0.05) is 13.2 Å². The molecule has 1 fully saturated rings. The molecule has 2 rings (SSSR count). The van der Waals surface area contributed by atoms with E-state index in [0.717, 1.165) is 18.2 Å². The standard InChI is InChI=1S/C10H16N4O.ClH/c1-14-7-9(5-12-14)13-10(15)6-11-4-8-2-3-8;/h5,7-8,11H,2-4,6H2,1H3,(H,13,15);1H. The van der Waals surface area contributed by atoms with Crippen molar-refractivity contribution in [3.63, 3.8) is 0 Å². The maximum Gasteiger partial charge on any atom is 0.238 e. The van der Waals surface area contributed by atoms with E-state index in [4.69, 9.17) is 0 Å². The lowest BCUT2D eigenvalue weighted by Gasteiger charge is -2.03. The van der Waals surface area contributed by atoms with E-state index in [2.05, 4.69) is 15.7 Å². The molecule has 0 aromatic carbocycles. The highest BCUT2D eigenvalue weighted by Gasteiger charge is 2.20. The summed E-state index contributed by atoms with van der Waals surface area (Å²) in [6, 6.07) is 0. The zero-order chi connectivity index (χ0) is 10.7. The summed E-state index contributed by atoms with van der Waals surface area (Å²) in [6.45, 7) is 1.34. The molecule has 1 aromatic heterocycles. The Balaban J connectivity index is 0.00000128. The van der Waals surface area contributed by atoms with Gasteiger partial charge in [-0.05, 0) is 25.3 Å². The number of carbonyl (C=O) groups excluding carboxylic acids is 1. The van der Waals surface area contributed by atoms with E-state index in [0.29, 0.717) is 6.54 Å². The number of halogens is 1. The molecule has 0 saturated heterocycles. The third-order valence-electron chi connectivity index (χ3n) is 2.40. The Bertz CT molecular complexity index is 348. The number of nitrogens with one attached hydrogen (secondary N) is 2. The van der Waals surface area contributed by atoms with Crippen molar-refractivity contribution in [2.24, 2.45) is 13.0 Å². The monoisotopic (exact) mass is 244 g/mol. The Morgan fingerprint density at radius 3 is 2.94 bits per heavy atom. The van der Waals surface area contributed by atoms with E-state index >= 15 is 0 Å². The Labute approximate surface area is 101 Å². The van der Waals surface area contributed by atoms with Crippen LogP contribution in [0.2, 0.25) is 0 Å². The molecule has 1 aliphatic carbocycles. The summed E-state index contributed by atoms with van der Waals surface area (Å²) < 4.78 is 1.66. The number of anilines is 1. The predicted octanol–water partition coefficient (Wildman–Crippen LogP) is 0.780. The summed E-state index contributed by atoms with van der Waals surface area (Å²) in [5.41, 5.74) is 0.746. The van der Waals surface area contributed by atoms with Crippen LogP contribution in [0.3, 0.4) is 0 Å². The number of aromatic nitrogens is 2. The fourth-order valence-corrected chi connectivity index (χ4v) is 1.40. The number of hydrogen-bond acceptors (Lipinski definition) is 3. The van der Waals surface area contributed by atoms with Gasteiger partial charge >= 0.3 is 0 Å². The van der Waals surface area contributed by atoms with Crippen LogP contribution in [0.25, 0.3) is 0 Å². The van der Waals surface area contributed by atoms with E-state index in [1.807, 2.05) is 7.05 Å².